The Hall–Kier alpha value is -1.26. The molecule has 0 aliphatic heterocycles. The van der Waals surface area contributed by atoms with Crippen LogP contribution in [0.25, 0.3) is 0 Å². The van der Waals surface area contributed by atoms with Gasteiger partial charge < -0.3 is 15.7 Å². The van der Waals surface area contributed by atoms with Crippen molar-refractivity contribution in [3.05, 3.63) is 0 Å². The zero-order valence-corrected chi connectivity index (χ0v) is 8.25. The Kier molecular flexibility index (Phi) is 3.73. The smallest absolute Gasteiger partial charge is 0.326 e. The van der Waals surface area contributed by atoms with E-state index in [1.807, 2.05) is 6.92 Å². The lowest BCUT2D eigenvalue weighted by molar-refractivity contribution is -0.139. The number of rotatable bonds is 5. The van der Waals surface area contributed by atoms with Crippen molar-refractivity contribution >= 4 is 12.0 Å². The molecule has 0 aromatic heterocycles. The Morgan fingerprint density at radius 2 is 2.14 bits per heavy atom. The number of amides is 2. The fourth-order valence-corrected chi connectivity index (χ4v) is 1.16. The number of aliphatic carboxylic acids is 1. The van der Waals surface area contributed by atoms with Gasteiger partial charge in [-0.1, -0.05) is 13.3 Å². The highest BCUT2D eigenvalue weighted by Gasteiger charge is 2.25. The van der Waals surface area contributed by atoms with Crippen LogP contribution in [0.3, 0.4) is 0 Å². The summed E-state index contributed by atoms with van der Waals surface area (Å²) in [6.45, 7) is 1.89. The van der Waals surface area contributed by atoms with Crippen molar-refractivity contribution in [2.24, 2.45) is 0 Å². The van der Waals surface area contributed by atoms with E-state index in [2.05, 4.69) is 10.6 Å². The van der Waals surface area contributed by atoms with Crippen LogP contribution in [-0.4, -0.2) is 29.2 Å². The minimum absolute atomic E-state index is 0.256. The molecule has 3 N–H and O–H groups in total. The van der Waals surface area contributed by atoms with Gasteiger partial charge in [-0.25, -0.2) is 9.59 Å². The summed E-state index contributed by atoms with van der Waals surface area (Å²) >= 11 is 0. The maximum absolute atomic E-state index is 11.2. The first kappa shape index (κ1) is 10.8. The number of carboxylic acid groups (broad SMARTS) is 1. The Balaban J connectivity index is 2.29. The van der Waals surface area contributed by atoms with Crippen molar-refractivity contribution in [3.8, 4) is 0 Å². The molecule has 1 rings (SSSR count). The van der Waals surface area contributed by atoms with Gasteiger partial charge in [0.1, 0.15) is 6.04 Å². The van der Waals surface area contributed by atoms with Crippen LogP contribution in [0.4, 0.5) is 4.79 Å². The molecule has 1 unspecified atom stereocenters. The van der Waals surface area contributed by atoms with Crippen LogP contribution in [0.15, 0.2) is 0 Å². The fourth-order valence-electron chi connectivity index (χ4n) is 1.16. The summed E-state index contributed by atoms with van der Waals surface area (Å²) in [5.41, 5.74) is 0. The van der Waals surface area contributed by atoms with Gasteiger partial charge in [-0.05, 0) is 19.3 Å². The number of nitrogens with one attached hydrogen (secondary N) is 2. The van der Waals surface area contributed by atoms with Crippen molar-refractivity contribution in [2.45, 2.75) is 44.7 Å². The normalized spacial score (nSPS) is 17.2. The number of urea groups is 1. The monoisotopic (exact) mass is 200 g/mol. The van der Waals surface area contributed by atoms with E-state index < -0.39 is 12.0 Å². The average Bonchev–Trinajstić information content (AvgIpc) is 2.87. The van der Waals surface area contributed by atoms with Crippen molar-refractivity contribution in [1.82, 2.24) is 10.6 Å². The lowest BCUT2D eigenvalue weighted by atomic mass is 10.2. The fraction of sp³-hybridized carbons (Fsp3) is 0.778. The van der Waals surface area contributed by atoms with Gasteiger partial charge in [0.05, 0.1) is 0 Å². The van der Waals surface area contributed by atoms with Crippen LogP contribution in [0.1, 0.15) is 32.6 Å². The van der Waals surface area contributed by atoms with Gasteiger partial charge in [-0.15, -0.1) is 0 Å². The van der Waals surface area contributed by atoms with E-state index in [9.17, 15) is 9.59 Å². The van der Waals surface area contributed by atoms with Crippen LogP contribution in [-0.2, 0) is 4.79 Å². The summed E-state index contributed by atoms with van der Waals surface area (Å²) in [7, 11) is 0. The van der Waals surface area contributed by atoms with Crippen LogP contribution in [0, 0.1) is 0 Å². The summed E-state index contributed by atoms with van der Waals surface area (Å²) in [5, 5.41) is 13.9. The molecule has 0 bridgehead atoms. The molecular formula is C9H16N2O3. The third-order valence-electron chi connectivity index (χ3n) is 2.09. The molecule has 1 fully saturated rings. The SMILES string of the molecule is CCCC(NC(=O)NC1CC1)C(=O)O. The van der Waals surface area contributed by atoms with E-state index in [4.69, 9.17) is 5.11 Å². The molecule has 14 heavy (non-hydrogen) atoms. The molecule has 0 aromatic rings. The number of carboxylic acids is 1. The molecular weight excluding hydrogens is 184 g/mol. The van der Waals surface area contributed by atoms with Crippen molar-refractivity contribution < 1.29 is 14.7 Å². The summed E-state index contributed by atoms with van der Waals surface area (Å²) < 4.78 is 0. The molecule has 1 aliphatic rings. The second kappa shape index (κ2) is 4.83. The van der Waals surface area contributed by atoms with Crippen molar-refractivity contribution in [3.63, 3.8) is 0 Å². The number of carbonyl (C=O) groups is 2. The number of carbonyl (C=O) groups excluding carboxylic acids is 1. The van der Waals surface area contributed by atoms with Crippen molar-refractivity contribution in [1.29, 1.82) is 0 Å². The zero-order valence-electron chi connectivity index (χ0n) is 8.25. The quantitative estimate of drug-likeness (QED) is 0.611. The third kappa shape index (κ3) is 3.64. The molecule has 0 radical (unpaired) electrons. The zero-order chi connectivity index (χ0) is 10.6. The Morgan fingerprint density at radius 3 is 2.57 bits per heavy atom. The summed E-state index contributed by atoms with van der Waals surface area (Å²) in [6.07, 6.45) is 3.20. The first-order chi connectivity index (χ1) is 6.63. The third-order valence-corrected chi connectivity index (χ3v) is 2.09. The Labute approximate surface area is 82.9 Å². The van der Waals surface area contributed by atoms with Gasteiger partial charge >= 0.3 is 12.0 Å². The standard InChI is InChI=1S/C9H16N2O3/c1-2-3-7(8(12)13)11-9(14)10-6-4-5-6/h6-7H,2-5H2,1H3,(H,12,13)(H2,10,11,14). The molecule has 1 atom stereocenters. The van der Waals surface area contributed by atoms with Crippen LogP contribution < -0.4 is 10.6 Å². The summed E-state index contributed by atoms with van der Waals surface area (Å²) in [6, 6.07) is -0.877. The van der Waals surface area contributed by atoms with E-state index in [0.29, 0.717) is 6.42 Å². The van der Waals surface area contributed by atoms with E-state index >= 15 is 0 Å². The number of hydrogen-bond acceptors (Lipinski definition) is 2. The highest BCUT2D eigenvalue weighted by molar-refractivity contribution is 5.82. The Bertz CT molecular complexity index is 226. The Morgan fingerprint density at radius 1 is 1.50 bits per heavy atom. The molecule has 0 saturated heterocycles. The first-order valence-corrected chi connectivity index (χ1v) is 4.93. The molecule has 0 heterocycles. The van der Waals surface area contributed by atoms with Gasteiger partial charge in [0.2, 0.25) is 0 Å². The van der Waals surface area contributed by atoms with E-state index in [1.165, 1.54) is 0 Å². The lowest BCUT2D eigenvalue weighted by Gasteiger charge is -2.13. The minimum Gasteiger partial charge on any atom is -0.480 e. The van der Waals surface area contributed by atoms with Gasteiger partial charge in [-0.2, -0.15) is 0 Å². The maximum Gasteiger partial charge on any atom is 0.326 e. The minimum atomic E-state index is -0.974. The predicted octanol–water partition coefficient (Wildman–Crippen LogP) is 0.701. The highest BCUT2D eigenvalue weighted by atomic mass is 16.4. The predicted molar refractivity (Wildman–Crippen MR) is 51.0 cm³/mol. The van der Waals surface area contributed by atoms with Gasteiger partial charge in [0.25, 0.3) is 0 Å². The van der Waals surface area contributed by atoms with E-state index in [1.54, 1.807) is 0 Å². The molecule has 0 spiro atoms. The first-order valence-electron chi connectivity index (χ1n) is 4.93. The van der Waals surface area contributed by atoms with E-state index in [-0.39, 0.29) is 12.1 Å². The van der Waals surface area contributed by atoms with Crippen LogP contribution in [0.5, 0.6) is 0 Å². The van der Waals surface area contributed by atoms with Gasteiger partial charge in [-0.3, -0.25) is 0 Å². The second-order valence-corrected chi connectivity index (χ2v) is 3.57. The second-order valence-electron chi connectivity index (χ2n) is 3.57. The van der Waals surface area contributed by atoms with Crippen LogP contribution in [0.2, 0.25) is 0 Å². The topological polar surface area (TPSA) is 78.4 Å². The average molecular weight is 200 g/mol. The van der Waals surface area contributed by atoms with Crippen LogP contribution >= 0.6 is 0 Å². The molecule has 0 aromatic carbocycles. The summed E-state index contributed by atoms with van der Waals surface area (Å²) in [5.74, 6) is -0.974. The largest absolute Gasteiger partial charge is 0.480 e. The molecule has 2 amide bonds. The summed E-state index contributed by atoms with van der Waals surface area (Å²) in [4.78, 5) is 21.9. The number of hydrogen-bond donors (Lipinski definition) is 3. The van der Waals surface area contributed by atoms with Gasteiger partial charge in [0.15, 0.2) is 0 Å². The highest BCUT2D eigenvalue weighted by Crippen LogP contribution is 2.18. The molecule has 1 aliphatic carbocycles. The molecule has 80 valence electrons. The molecule has 5 heteroatoms. The van der Waals surface area contributed by atoms with E-state index in [0.717, 1.165) is 19.3 Å². The molecule has 1 saturated carbocycles. The maximum atomic E-state index is 11.2. The van der Waals surface area contributed by atoms with Crippen molar-refractivity contribution in [2.75, 3.05) is 0 Å². The van der Waals surface area contributed by atoms with Gasteiger partial charge in [0, 0.05) is 6.04 Å². The molecule has 5 nitrogen and oxygen atoms in total. The lowest BCUT2D eigenvalue weighted by Crippen LogP contribution is -2.46.